The predicted octanol–water partition coefficient (Wildman–Crippen LogP) is 2.06. The van der Waals surface area contributed by atoms with E-state index in [9.17, 15) is 89.5 Å². The number of nitrogens with zero attached hydrogens (tertiary/aromatic N) is 3. The Morgan fingerprint density at radius 3 is 1.88 bits per heavy atom. The van der Waals surface area contributed by atoms with E-state index in [1.54, 1.807) is 14.1 Å². The fraction of sp³-hybridized carbons (Fsp3) is 0.487. The molecule has 10 amide bonds. The Balaban J connectivity index is 0.000000732. The second kappa shape index (κ2) is 41.3. The summed E-state index contributed by atoms with van der Waals surface area (Å²) >= 11 is 19.5. The molecule has 0 spiro atoms. The first-order chi connectivity index (χ1) is 57.2. The van der Waals surface area contributed by atoms with Gasteiger partial charge in [0.05, 0.1) is 53.2 Å². The number of nitrogens with one attached hydrogen (secondary N) is 8. The molecule has 1 unspecified atom stereocenters. The molecule has 3 fully saturated rings. The first kappa shape index (κ1) is 94.3. The summed E-state index contributed by atoms with van der Waals surface area (Å²) in [6, 6.07) is -0.926. The molecule has 8 aliphatic rings. The summed E-state index contributed by atoms with van der Waals surface area (Å²) < 4.78 is 38.3. The Kier molecular flexibility index (Phi) is 32.2. The van der Waals surface area contributed by atoms with Crippen LogP contribution in [0.4, 0.5) is 4.79 Å². The van der Waals surface area contributed by atoms with Gasteiger partial charge in [-0.25, -0.2) is 9.59 Å². The van der Waals surface area contributed by atoms with E-state index in [1.165, 1.54) is 44.3 Å². The quantitative estimate of drug-likeness (QED) is 0.0258. The lowest BCUT2D eigenvalue weighted by Gasteiger charge is -2.47. The predicted molar refractivity (Wildman–Crippen MR) is 428 cm³/mol. The molecular weight excluding hydrogens is 1660 g/mol. The molecule has 0 radical (unpaired) electrons. The molecule has 5 aromatic carbocycles. The summed E-state index contributed by atoms with van der Waals surface area (Å²) in [6.07, 6.45) is -12.3. The van der Waals surface area contributed by atoms with Crippen LogP contribution in [0.25, 0.3) is 11.1 Å². The van der Waals surface area contributed by atoms with Crippen molar-refractivity contribution in [3.8, 4) is 57.1 Å². The molecule has 121 heavy (non-hydrogen) atoms. The monoisotopic (exact) mass is 1750 g/mol. The minimum absolute atomic E-state index is 0.0975. The number of nitrogens with two attached hydrogens (primary N) is 2. The fourth-order valence-corrected chi connectivity index (χ4v) is 14.9. The molecule has 43 heteroatoms. The smallest absolute Gasteiger partial charge is 0.340 e. The number of hydrogen-bond donors (Lipinski definition) is 20. The fourth-order valence-electron chi connectivity index (χ4n) is 14.2. The maximum atomic E-state index is 16.0. The third-order valence-electron chi connectivity index (χ3n) is 20.5. The van der Waals surface area contributed by atoms with Crippen molar-refractivity contribution in [3.63, 3.8) is 0 Å². The van der Waals surface area contributed by atoms with Crippen molar-refractivity contribution in [1.29, 1.82) is 0 Å². The molecule has 1 aliphatic carbocycles. The summed E-state index contributed by atoms with van der Waals surface area (Å²) in [7, 11) is 4.85. The van der Waals surface area contributed by atoms with Crippen molar-refractivity contribution >= 4 is 94.6 Å². The van der Waals surface area contributed by atoms with Gasteiger partial charge in [-0.15, -0.1) is 16.5 Å². The number of carboxylic acid groups (broad SMARTS) is 1. The number of likely N-dealkylation sites (N-methyl/N-ethyl adjacent to an activating group) is 1. The van der Waals surface area contributed by atoms with E-state index < -0.39 is 243 Å². The van der Waals surface area contributed by atoms with Gasteiger partial charge >= 0.3 is 12.0 Å². The number of phenolic OH excluding ortho intramolecular Hbond substituents is 3. The molecule has 11 bridgehead atoms. The number of carbonyl (C=O) groups is 10. The zero-order chi connectivity index (χ0) is 88.9. The van der Waals surface area contributed by atoms with Gasteiger partial charge in [-0.3, -0.25) is 38.4 Å². The van der Waals surface area contributed by atoms with Crippen molar-refractivity contribution in [3.05, 3.63) is 122 Å². The molecule has 5 aromatic rings. The summed E-state index contributed by atoms with van der Waals surface area (Å²) in [5, 5.41) is 137. The maximum Gasteiger partial charge on any atom is 0.340 e. The van der Waals surface area contributed by atoms with E-state index in [0.29, 0.717) is 0 Å². The van der Waals surface area contributed by atoms with Gasteiger partial charge in [0.25, 0.3) is 0 Å². The van der Waals surface area contributed by atoms with Gasteiger partial charge in [0.2, 0.25) is 59.8 Å². The number of carboxylic acids is 1. The number of primary amides is 1. The van der Waals surface area contributed by atoms with Crippen LogP contribution >= 0.6 is 34.8 Å². The number of fused-ring (bicyclic) bond motifs is 15. The average Bonchev–Trinajstić information content (AvgIpc) is 0.768. The number of carbonyl (C=O) groups excluding carboxylic acids is 9. The zero-order valence-corrected chi connectivity index (χ0v) is 68.6. The summed E-state index contributed by atoms with van der Waals surface area (Å²) in [5.41, 5.74) is 8.00. The van der Waals surface area contributed by atoms with Crippen LogP contribution in [0.2, 0.25) is 10.0 Å². The van der Waals surface area contributed by atoms with Gasteiger partial charge in [0, 0.05) is 60.7 Å². The van der Waals surface area contributed by atoms with E-state index in [0.717, 1.165) is 104 Å². The number of aromatic hydroxyl groups is 3. The second-order valence-corrected chi connectivity index (χ2v) is 31.7. The molecular formula is C78H98Cl3N13O27. The van der Waals surface area contributed by atoms with Crippen molar-refractivity contribution in [2.75, 3.05) is 40.2 Å². The Labute approximate surface area is 707 Å². The number of benzene rings is 5. The van der Waals surface area contributed by atoms with Crippen molar-refractivity contribution in [2.24, 2.45) is 22.7 Å². The molecule has 1 saturated carbocycles. The number of amides is 10. The Hall–Kier alpha value is -10.6. The normalized spacial score (nSPS) is 27.0. The van der Waals surface area contributed by atoms with Gasteiger partial charge in [0.15, 0.2) is 29.9 Å². The number of aliphatic carboxylic acids is 1. The molecule has 658 valence electrons. The number of ether oxygens (including phenoxy) is 6. The average molecular weight is 1760 g/mol. The SMILES string of the molecule is CN(C)C=O.CN[C@H](CC(C)C)C(=O)N[C@H]1C(=O)N[C@@H](CC(N)=O)C(=O)N[C@H]2C(=O)N[C@H]3C(=O)N[C@H](C(=O)N[C@@H](C(=O)O)c4cc(O)cc(O)c4-c4cc3ccc4O)[C@H](O)c3ccc(c(Cl)c3)Oc3cc2cc(c3O[C@@H]2O[C@H](CO)[C@@H](O)[C@H](O)[C@H]2O[C@H]2C[C@](C)(N)C(O)[C@H](C)O2)Oc2ccc(cc2Cl)[C@H]1O.O=NN(CCCl)C(=O)NC1CCCCC1. The van der Waals surface area contributed by atoms with Gasteiger partial charge in [0.1, 0.15) is 89.5 Å². The van der Waals surface area contributed by atoms with Crippen molar-refractivity contribution in [1.82, 2.24) is 52.4 Å². The first-order valence-electron chi connectivity index (χ1n) is 38.3. The number of phenols is 3. The van der Waals surface area contributed by atoms with E-state index in [2.05, 4.69) is 47.8 Å². The minimum Gasteiger partial charge on any atom is -0.508 e. The molecule has 7 aliphatic heterocycles. The number of aliphatic hydroxyl groups excluding tert-OH is 6. The topological polar surface area (TPSA) is 613 Å². The van der Waals surface area contributed by atoms with Gasteiger partial charge in [-0.2, -0.15) is 5.01 Å². The molecule has 13 rings (SSSR count). The summed E-state index contributed by atoms with van der Waals surface area (Å²) in [4.78, 5) is 150. The highest BCUT2D eigenvalue weighted by Crippen LogP contribution is 2.50. The molecule has 22 N–H and O–H groups in total. The van der Waals surface area contributed by atoms with Gasteiger partial charge < -0.3 is 138 Å². The summed E-state index contributed by atoms with van der Waals surface area (Å²) in [5.74, 6) is -15.8. The number of urea groups is 1. The highest BCUT2D eigenvalue weighted by Gasteiger charge is 2.52. The molecule has 2 saturated heterocycles. The van der Waals surface area contributed by atoms with Crippen LogP contribution < -0.4 is 68.2 Å². The van der Waals surface area contributed by atoms with E-state index in [-0.39, 0.29) is 64.7 Å². The summed E-state index contributed by atoms with van der Waals surface area (Å²) in [6.45, 7) is 5.82. The number of halogens is 3. The van der Waals surface area contributed by atoms with Gasteiger partial charge in [-0.05, 0) is 123 Å². The van der Waals surface area contributed by atoms with E-state index in [1.807, 2.05) is 13.8 Å². The largest absolute Gasteiger partial charge is 0.508 e. The molecule has 18 atom stereocenters. The first-order valence-corrected chi connectivity index (χ1v) is 39.5. The lowest BCUT2D eigenvalue weighted by molar-refractivity contribution is -0.333. The molecule has 7 heterocycles. The van der Waals surface area contributed by atoms with E-state index >= 15 is 14.4 Å². The number of hydrogen-bond acceptors (Lipinski definition) is 29. The number of aliphatic hydroxyl groups is 6. The van der Waals surface area contributed by atoms with Crippen LogP contribution in [0.1, 0.15) is 137 Å². The second-order valence-electron chi connectivity index (χ2n) is 30.5. The third kappa shape index (κ3) is 23.0. The standard InChI is InChI=1S/C66H75Cl2N9O24.C9H16ClN3O2.C3H7NO/c1-23(2)12-34(71-5)58(88)76-49-51(83)26-7-10-38(32(67)14-26)97-40-16-28-17-41(55(40)101-65-56(54(86)53(85)42(22-78)99-65)100-44-21-66(4,70)57(87)24(3)96-44)98-39-11-8-27(15-33(39)68)52(84)50-63(93)75-48(64(94)95)31-18-29(79)19-37(81)45(31)30-13-25(6-9-36(30)80)46(60(90)77-50)74-61(91)47(28)73-59(89)35(20-43(69)82)72-62(49)92;10-6-7-13(12-15)9(14)11-8-4-2-1-3-5-8;1-4(2)3-5/h6-11,13-19,23-24,34-35,42,44,46-54,56-57,65,71,78-81,83-87H,12,20-22,70H2,1-5H3,(H2,69,82)(H,72,92)(H,73,89)(H,74,91)(H,75,93)(H,76,88)(H,77,90)(H,94,95);8H,1-7H2,(H,11,14);3H,1-2H3/t24-,34+,35-,42+,44-,46+,47+,48+,49+,50-,51+,52+,53+,54-,56+,57?,65-,66-;;/m0../s1. The van der Waals surface area contributed by atoms with Crippen LogP contribution in [-0.2, 0) is 57.4 Å². The van der Waals surface area contributed by atoms with Crippen LogP contribution in [0.3, 0.4) is 0 Å². The maximum absolute atomic E-state index is 16.0. The van der Waals surface area contributed by atoms with Crippen LogP contribution in [-0.4, -0.2) is 246 Å². The lowest BCUT2D eigenvalue weighted by Crippen LogP contribution is -2.64. The number of rotatable bonds is 18. The Morgan fingerprint density at radius 2 is 1.33 bits per heavy atom. The van der Waals surface area contributed by atoms with Crippen molar-refractivity contribution in [2.45, 2.75) is 194 Å². The third-order valence-corrected chi connectivity index (χ3v) is 21.3. The van der Waals surface area contributed by atoms with E-state index in [4.69, 9.17) is 74.7 Å². The Morgan fingerprint density at radius 1 is 0.736 bits per heavy atom. The highest BCUT2D eigenvalue weighted by atomic mass is 35.5. The highest BCUT2D eigenvalue weighted by molar-refractivity contribution is 6.32. The number of nitroso groups, excluding NO2 is 1. The molecule has 0 aromatic heterocycles. The zero-order valence-electron chi connectivity index (χ0n) is 66.4. The Bertz CT molecular complexity index is 4640. The number of alkyl halides is 1. The van der Waals surface area contributed by atoms with Gasteiger partial charge in [-0.1, -0.05) is 74.5 Å². The minimum atomic E-state index is -2.35. The molecule has 40 nitrogen and oxygen atoms in total. The van der Waals surface area contributed by atoms with Crippen LogP contribution in [0.15, 0.2) is 84.1 Å². The lowest BCUT2D eigenvalue weighted by atomic mass is 9.86. The van der Waals surface area contributed by atoms with Crippen molar-refractivity contribution < 1.29 is 127 Å². The van der Waals surface area contributed by atoms with Crippen LogP contribution in [0, 0.1) is 10.8 Å². The van der Waals surface area contributed by atoms with Crippen LogP contribution in [0.5, 0.6) is 46.0 Å².